The van der Waals surface area contributed by atoms with Gasteiger partial charge in [-0.3, -0.25) is 0 Å². The number of anilines is 3. The Morgan fingerprint density at radius 1 is 1.39 bits per heavy atom. The van der Waals surface area contributed by atoms with Gasteiger partial charge in [-0.2, -0.15) is 0 Å². The van der Waals surface area contributed by atoms with E-state index < -0.39 is 0 Å². The fourth-order valence-corrected chi connectivity index (χ4v) is 2.34. The van der Waals surface area contributed by atoms with Crippen molar-refractivity contribution in [1.82, 2.24) is 9.97 Å². The molecule has 100 valence electrons. The number of hydrogen-bond acceptors (Lipinski definition) is 6. The van der Waals surface area contributed by atoms with E-state index in [1.807, 2.05) is 11.8 Å². The maximum Gasteiger partial charge on any atom is 0.157 e. The van der Waals surface area contributed by atoms with Gasteiger partial charge in [-0.15, -0.1) is 0 Å². The molecule has 0 aromatic carbocycles. The first-order valence-corrected chi connectivity index (χ1v) is 6.49. The maximum atomic E-state index is 9.06. The molecule has 2 heterocycles. The Hall–Kier alpha value is -1.56. The van der Waals surface area contributed by atoms with Crippen molar-refractivity contribution in [2.45, 2.75) is 19.8 Å². The molecule has 1 saturated heterocycles. The van der Waals surface area contributed by atoms with Gasteiger partial charge in [0.15, 0.2) is 11.6 Å². The minimum atomic E-state index is 0.0936. The zero-order valence-electron chi connectivity index (χ0n) is 10.8. The minimum Gasteiger partial charge on any atom is -0.395 e. The number of nitrogens with two attached hydrogens (primary N) is 1. The summed E-state index contributed by atoms with van der Waals surface area (Å²) < 4.78 is 0. The van der Waals surface area contributed by atoms with Gasteiger partial charge in [0.25, 0.3) is 0 Å². The van der Waals surface area contributed by atoms with Crippen molar-refractivity contribution < 1.29 is 5.11 Å². The summed E-state index contributed by atoms with van der Waals surface area (Å²) in [5.74, 6) is 1.55. The first-order valence-electron chi connectivity index (χ1n) is 6.49. The van der Waals surface area contributed by atoms with Crippen molar-refractivity contribution in [2.75, 3.05) is 48.3 Å². The van der Waals surface area contributed by atoms with E-state index >= 15 is 0 Å². The van der Waals surface area contributed by atoms with Gasteiger partial charge in [0.05, 0.1) is 6.61 Å². The zero-order chi connectivity index (χ0) is 13.0. The van der Waals surface area contributed by atoms with Crippen LogP contribution in [-0.4, -0.2) is 47.9 Å². The minimum absolute atomic E-state index is 0.0936. The molecule has 0 bridgehead atoms. The van der Waals surface area contributed by atoms with Crippen molar-refractivity contribution in [3.05, 3.63) is 6.33 Å². The highest BCUT2D eigenvalue weighted by atomic mass is 16.3. The van der Waals surface area contributed by atoms with Gasteiger partial charge < -0.3 is 20.6 Å². The van der Waals surface area contributed by atoms with Crippen LogP contribution in [0.25, 0.3) is 0 Å². The Balaban J connectivity index is 2.28. The summed E-state index contributed by atoms with van der Waals surface area (Å²) >= 11 is 0. The van der Waals surface area contributed by atoms with Crippen LogP contribution in [0.4, 0.5) is 17.3 Å². The summed E-state index contributed by atoms with van der Waals surface area (Å²) in [6.45, 7) is 5.43. The van der Waals surface area contributed by atoms with Crippen LogP contribution < -0.4 is 15.5 Å². The maximum absolute atomic E-state index is 9.06. The number of nitrogens with zero attached hydrogens (tertiary/aromatic N) is 4. The molecule has 0 amide bonds. The van der Waals surface area contributed by atoms with Crippen molar-refractivity contribution in [3.63, 3.8) is 0 Å². The topological polar surface area (TPSA) is 78.5 Å². The van der Waals surface area contributed by atoms with Crippen LogP contribution in [0.1, 0.15) is 19.8 Å². The fourth-order valence-electron chi connectivity index (χ4n) is 2.34. The van der Waals surface area contributed by atoms with Gasteiger partial charge in [-0.25, -0.2) is 9.97 Å². The largest absolute Gasteiger partial charge is 0.395 e. The second-order valence-corrected chi connectivity index (χ2v) is 4.43. The van der Waals surface area contributed by atoms with Crippen LogP contribution in [0.2, 0.25) is 0 Å². The predicted molar refractivity (Wildman–Crippen MR) is 72.9 cm³/mol. The monoisotopic (exact) mass is 251 g/mol. The van der Waals surface area contributed by atoms with Crippen molar-refractivity contribution in [1.29, 1.82) is 0 Å². The number of likely N-dealkylation sites (N-methyl/N-ethyl adjacent to an activating group) is 1. The summed E-state index contributed by atoms with van der Waals surface area (Å²) in [4.78, 5) is 12.7. The molecule has 0 radical (unpaired) electrons. The quantitative estimate of drug-likeness (QED) is 0.792. The van der Waals surface area contributed by atoms with Crippen molar-refractivity contribution in [3.8, 4) is 0 Å². The fraction of sp³-hybridized carbons (Fsp3) is 0.667. The van der Waals surface area contributed by atoms with E-state index in [-0.39, 0.29) is 6.61 Å². The molecule has 0 spiro atoms. The van der Waals surface area contributed by atoms with Gasteiger partial charge in [0, 0.05) is 26.2 Å². The van der Waals surface area contributed by atoms with E-state index in [4.69, 9.17) is 10.8 Å². The lowest BCUT2D eigenvalue weighted by Gasteiger charge is -2.25. The first-order chi connectivity index (χ1) is 8.77. The highest BCUT2D eigenvalue weighted by molar-refractivity contribution is 5.75. The molecule has 1 fully saturated rings. The average Bonchev–Trinajstić information content (AvgIpc) is 2.90. The molecule has 1 aromatic rings. The predicted octanol–water partition coefficient (Wildman–Crippen LogP) is 0.478. The average molecular weight is 251 g/mol. The molecular weight excluding hydrogens is 230 g/mol. The molecule has 18 heavy (non-hydrogen) atoms. The molecule has 0 aliphatic carbocycles. The van der Waals surface area contributed by atoms with E-state index in [0.29, 0.717) is 12.2 Å². The first kappa shape index (κ1) is 12.9. The highest BCUT2D eigenvalue weighted by Gasteiger charge is 2.20. The third kappa shape index (κ3) is 2.48. The summed E-state index contributed by atoms with van der Waals surface area (Å²) in [6, 6.07) is 0. The molecule has 2 rings (SSSR count). The zero-order valence-corrected chi connectivity index (χ0v) is 10.8. The third-order valence-corrected chi connectivity index (χ3v) is 3.30. The Kier molecular flexibility index (Phi) is 4.19. The number of aromatic nitrogens is 2. The molecule has 1 aliphatic heterocycles. The lowest BCUT2D eigenvalue weighted by atomic mass is 10.3. The van der Waals surface area contributed by atoms with Crippen LogP contribution in [-0.2, 0) is 0 Å². The van der Waals surface area contributed by atoms with E-state index in [0.717, 1.165) is 31.3 Å². The molecule has 3 N–H and O–H groups in total. The SMILES string of the molecule is CCN(CCO)c1ncnc(N2CCCC2)c1N. The Morgan fingerprint density at radius 2 is 2.11 bits per heavy atom. The van der Waals surface area contributed by atoms with Crippen LogP contribution in [0.3, 0.4) is 0 Å². The van der Waals surface area contributed by atoms with Crippen LogP contribution in [0, 0.1) is 0 Å². The summed E-state index contributed by atoms with van der Waals surface area (Å²) in [6.07, 6.45) is 3.93. The lowest BCUT2D eigenvalue weighted by molar-refractivity contribution is 0.302. The molecular formula is C12H21N5O. The molecule has 1 aromatic heterocycles. The summed E-state index contributed by atoms with van der Waals surface area (Å²) in [5, 5.41) is 9.06. The number of aliphatic hydroxyl groups excluding tert-OH is 1. The van der Waals surface area contributed by atoms with Crippen LogP contribution >= 0.6 is 0 Å². The Bertz CT molecular complexity index is 392. The summed E-state index contributed by atoms with van der Waals surface area (Å²) in [7, 11) is 0. The van der Waals surface area contributed by atoms with E-state index in [9.17, 15) is 0 Å². The van der Waals surface area contributed by atoms with Crippen molar-refractivity contribution >= 4 is 17.3 Å². The molecule has 6 nitrogen and oxygen atoms in total. The normalized spacial score (nSPS) is 15.1. The van der Waals surface area contributed by atoms with Crippen LogP contribution in [0.15, 0.2) is 6.33 Å². The smallest absolute Gasteiger partial charge is 0.157 e. The molecule has 0 atom stereocenters. The van der Waals surface area contributed by atoms with Gasteiger partial charge in [0.2, 0.25) is 0 Å². The van der Waals surface area contributed by atoms with Gasteiger partial charge in [-0.1, -0.05) is 0 Å². The second-order valence-electron chi connectivity index (χ2n) is 4.43. The van der Waals surface area contributed by atoms with E-state index in [1.54, 1.807) is 6.33 Å². The Morgan fingerprint density at radius 3 is 2.72 bits per heavy atom. The number of nitrogen functional groups attached to an aromatic ring is 1. The highest BCUT2D eigenvalue weighted by Crippen LogP contribution is 2.30. The standard InChI is InChI=1S/C12H21N5O/c1-2-16(7-8-18)11-10(13)12(15-9-14-11)17-5-3-4-6-17/h9,18H,2-8,13H2,1H3. The van der Waals surface area contributed by atoms with E-state index in [2.05, 4.69) is 14.9 Å². The lowest BCUT2D eigenvalue weighted by Crippen LogP contribution is -2.29. The summed E-state index contributed by atoms with van der Waals surface area (Å²) in [5.41, 5.74) is 6.80. The molecule has 0 unspecified atom stereocenters. The molecule has 0 saturated carbocycles. The number of aliphatic hydroxyl groups is 1. The second kappa shape index (κ2) is 5.86. The number of hydrogen-bond donors (Lipinski definition) is 2. The third-order valence-electron chi connectivity index (χ3n) is 3.30. The molecule has 1 aliphatic rings. The Labute approximate surface area is 107 Å². The van der Waals surface area contributed by atoms with Gasteiger partial charge >= 0.3 is 0 Å². The molecule has 6 heteroatoms. The van der Waals surface area contributed by atoms with Crippen molar-refractivity contribution in [2.24, 2.45) is 0 Å². The van der Waals surface area contributed by atoms with Crippen LogP contribution in [0.5, 0.6) is 0 Å². The van der Waals surface area contributed by atoms with E-state index in [1.165, 1.54) is 12.8 Å². The number of rotatable bonds is 5. The van der Waals surface area contributed by atoms with Gasteiger partial charge in [-0.05, 0) is 19.8 Å². The van der Waals surface area contributed by atoms with Gasteiger partial charge in [0.1, 0.15) is 12.0 Å².